The minimum absolute atomic E-state index is 0.583. The van der Waals surface area contributed by atoms with Crippen molar-refractivity contribution in [2.75, 3.05) is 0 Å². The van der Waals surface area contributed by atoms with Gasteiger partial charge in [-0.3, -0.25) is 0 Å². The first-order valence-electron chi connectivity index (χ1n) is 16.9. The molecule has 6 nitrogen and oxygen atoms in total. The van der Waals surface area contributed by atoms with Crippen molar-refractivity contribution in [2.24, 2.45) is 0 Å². The molecule has 0 N–H and O–H groups in total. The highest BCUT2D eigenvalue weighted by molar-refractivity contribution is 6.22. The Balaban J connectivity index is 1.10. The van der Waals surface area contributed by atoms with Crippen molar-refractivity contribution < 1.29 is 8.83 Å². The van der Waals surface area contributed by atoms with E-state index in [4.69, 9.17) is 23.8 Å². The zero-order valence-corrected chi connectivity index (χ0v) is 27.1. The van der Waals surface area contributed by atoms with Crippen LogP contribution in [0.1, 0.15) is 0 Å². The van der Waals surface area contributed by atoms with Crippen LogP contribution in [0.15, 0.2) is 167 Å². The number of benzene rings is 7. The van der Waals surface area contributed by atoms with Crippen LogP contribution >= 0.6 is 0 Å². The lowest BCUT2D eigenvalue weighted by Gasteiger charge is -2.08. The summed E-state index contributed by atoms with van der Waals surface area (Å²) in [6.45, 7) is 0. The van der Waals surface area contributed by atoms with E-state index in [0.717, 1.165) is 77.3 Å². The van der Waals surface area contributed by atoms with Gasteiger partial charge >= 0.3 is 0 Å². The van der Waals surface area contributed by atoms with Crippen molar-refractivity contribution in [2.45, 2.75) is 0 Å². The van der Waals surface area contributed by atoms with E-state index in [9.17, 15) is 0 Å². The van der Waals surface area contributed by atoms with Gasteiger partial charge in [-0.1, -0.05) is 103 Å². The Kier molecular flexibility index (Phi) is 5.86. The molecule has 0 saturated carbocycles. The van der Waals surface area contributed by atoms with Crippen LogP contribution in [0.2, 0.25) is 0 Å². The first-order chi connectivity index (χ1) is 25.3. The number of fused-ring (bicyclic) bond motifs is 10. The van der Waals surface area contributed by atoms with Crippen LogP contribution < -0.4 is 0 Å². The molecule has 0 aliphatic heterocycles. The first-order valence-corrected chi connectivity index (χ1v) is 16.9. The number of furan rings is 2. The second kappa shape index (κ2) is 10.7. The highest BCUT2D eigenvalue weighted by Gasteiger charge is 2.20. The molecule has 51 heavy (non-hydrogen) atoms. The Morgan fingerprint density at radius 1 is 0.373 bits per heavy atom. The molecule has 0 fully saturated rings. The second-order valence-corrected chi connectivity index (χ2v) is 12.8. The number of para-hydroxylation sites is 2. The normalized spacial score (nSPS) is 11.9. The van der Waals surface area contributed by atoms with Gasteiger partial charge in [-0.15, -0.1) is 0 Å². The summed E-state index contributed by atoms with van der Waals surface area (Å²) in [4.78, 5) is 14.7. The molecule has 0 saturated heterocycles. The van der Waals surface area contributed by atoms with Gasteiger partial charge in [-0.05, 0) is 54.6 Å². The molecule has 11 aromatic rings. The molecule has 0 amide bonds. The van der Waals surface area contributed by atoms with Crippen molar-refractivity contribution >= 4 is 65.7 Å². The predicted molar refractivity (Wildman–Crippen MR) is 205 cm³/mol. The fraction of sp³-hybridized carbons (Fsp3) is 0. The minimum Gasteiger partial charge on any atom is -0.456 e. The van der Waals surface area contributed by atoms with E-state index in [2.05, 4.69) is 89.5 Å². The highest BCUT2D eigenvalue weighted by Crippen LogP contribution is 2.41. The van der Waals surface area contributed by atoms with Crippen molar-refractivity contribution in [1.82, 2.24) is 19.5 Å². The van der Waals surface area contributed by atoms with Gasteiger partial charge in [0.25, 0.3) is 0 Å². The van der Waals surface area contributed by atoms with E-state index in [1.807, 2.05) is 72.8 Å². The van der Waals surface area contributed by atoms with Gasteiger partial charge < -0.3 is 13.4 Å². The van der Waals surface area contributed by atoms with Crippen molar-refractivity contribution in [3.8, 4) is 39.9 Å². The van der Waals surface area contributed by atoms with Crippen LogP contribution in [0.4, 0.5) is 0 Å². The Labute approximate surface area is 290 Å². The molecule has 0 spiro atoms. The molecule has 238 valence electrons. The van der Waals surface area contributed by atoms with Gasteiger partial charge in [-0.25, -0.2) is 15.0 Å². The lowest BCUT2D eigenvalue weighted by atomic mass is 10.1. The lowest BCUT2D eigenvalue weighted by Crippen LogP contribution is -2.00. The predicted octanol–water partition coefficient (Wildman–Crippen LogP) is 11.8. The van der Waals surface area contributed by atoms with E-state index in [1.54, 1.807) is 0 Å². The number of aromatic nitrogens is 4. The third-order valence-corrected chi connectivity index (χ3v) is 9.85. The maximum absolute atomic E-state index is 6.76. The van der Waals surface area contributed by atoms with E-state index >= 15 is 0 Å². The lowest BCUT2D eigenvalue weighted by molar-refractivity contribution is 0.663. The monoisotopic (exact) mass is 654 g/mol. The van der Waals surface area contributed by atoms with Crippen LogP contribution in [-0.2, 0) is 0 Å². The molecule has 0 radical (unpaired) electrons. The fourth-order valence-electron chi connectivity index (χ4n) is 7.50. The topological polar surface area (TPSA) is 69.9 Å². The Hall–Kier alpha value is -7.05. The molecule has 0 bridgehead atoms. The first kappa shape index (κ1) is 27.9. The third-order valence-electron chi connectivity index (χ3n) is 9.85. The van der Waals surface area contributed by atoms with E-state index in [1.165, 1.54) is 10.8 Å². The maximum Gasteiger partial charge on any atom is 0.164 e. The summed E-state index contributed by atoms with van der Waals surface area (Å²) in [5, 5.41) is 6.47. The molecule has 7 aromatic carbocycles. The summed E-state index contributed by atoms with van der Waals surface area (Å²) in [5.74, 6) is 1.82. The van der Waals surface area contributed by atoms with Crippen molar-refractivity contribution in [3.63, 3.8) is 0 Å². The zero-order chi connectivity index (χ0) is 33.5. The SMILES string of the molecule is c1ccc(-c2nc(-c3ccccc3)nc(-c3ccc4c(c3)oc3c4ccc4oc5ccc(-n6c7ccccc7c7ccccc76)cc5c43)n2)cc1. The van der Waals surface area contributed by atoms with Crippen LogP contribution in [0.25, 0.3) is 106 Å². The van der Waals surface area contributed by atoms with E-state index in [-0.39, 0.29) is 0 Å². The average Bonchev–Trinajstić information content (AvgIpc) is 3.87. The van der Waals surface area contributed by atoms with Crippen molar-refractivity contribution in [3.05, 3.63) is 158 Å². The molecular formula is C45H26N4O2. The molecule has 0 aliphatic rings. The van der Waals surface area contributed by atoms with Gasteiger partial charge in [0.15, 0.2) is 17.5 Å². The molecule has 4 aromatic heterocycles. The summed E-state index contributed by atoms with van der Waals surface area (Å²) < 4.78 is 15.5. The number of rotatable bonds is 4. The molecule has 4 heterocycles. The molecular weight excluding hydrogens is 629 g/mol. The Morgan fingerprint density at radius 2 is 0.941 bits per heavy atom. The van der Waals surface area contributed by atoms with Gasteiger partial charge in [0.2, 0.25) is 0 Å². The van der Waals surface area contributed by atoms with Gasteiger partial charge in [-0.2, -0.15) is 0 Å². The van der Waals surface area contributed by atoms with Crippen LogP contribution in [0.3, 0.4) is 0 Å². The molecule has 6 heteroatoms. The summed E-state index contributed by atoms with van der Waals surface area (Å²) in [5.41, 5.74) is 9.25. The summed E-state index contributed by atoms with van der Waals surface area (Å²) in [6.07, 6.45) is 0. The Bertz CT molecular complexity index is 3030. The highest BCUT2D eigenvalue weighted by atomic mass is 16.3. The quantitative estimate of drug-likeness (QED) is 0.189. The van der Waals surface area contributed by atoms with Crippen LogP contribution in [-0.4, -0.2) is 19.5 Å². The number of hydrogen-bond donors (Lipinski definition) is 0. The molecule has 11 rings (SSSR count). The fourth-order valence-corrected chi connectivity index (χ4v) is 7.50. The second-order valence-electron chi connectivity index (χ2n) is 12.8. The van der Waals surface area contributed by atoms with Gasteiger partial charge in [0.1, 0.15) is 22.3 Å². The summed E-state index contributed by atoms with van der Waals surface area (Å²) in [6, 6.07) is 53.9. The van der Waals surface area contributed by atoms with Gasteiger partial charge in [0.05, 0.1) is 16.4 Å². The van der Waals surface area contributed by atoms with E-state index < -0.39 is 0 Å². The molecule has 0 aliphatic carbocycles. The number of hydrogen-bond acceptors (Lipinski definition) is 5. The third kappa shape index (κ3) is 4.26. The summed E-state index contributed by atoms with van der Waals surface area (Å²) >= 11 is 0. The van der Waals surface area contributed by atoms with Crippen LogP contribution in [0.5, 0.6) is 0 Å². The van der Waals surface area contributed by atoms with E-state index in [0.29, 0.717) is 17.5 Å². The smallest absolute Gasteiger partial charge is 0.164 e. The molecule has 0 unspecified atom stereocenters. The number of nitrogens with zero attached hydrogens (tertiary/aromatic N) is 4. The zero-order valence-electron chi connectivity index (χ0n) is 27.1. The average molecular weight is 655 g/mol. The van der Waals surface area contributed by atoms with Crippen molar-refractivity contribution in [1.29, 1.82) is 0 Å². The Morgan fingerprint density at radius 3 is 1.61 bits per heavy atom. The largest absolute Gasteiger partial charge is 0.456 e. The molecule has 0 atom stereocenters. The maximum atomic E-state index is 6.76. The standard InChI is InChI=1S/C45H26N4O2/c1-3-11-27(12-4-1)43-46-44(28-13-5-2-6-14-28)48-45(47-43)29-19-21-33-34-22-24-39-41(42(34)51-40(33)25-29)35-26-30(20-23-38(35)50-39)49-36-17-9-7-15-31(36)32-16-8-10-18-37(32)49/h1-26H. The van der Waals surface area contributed by atoms with Gasteiger partial charge in [0, 0.05) is 49.3 Å². The minimum atomic E-state index is 0.583. The summed E-state index contributed by atoms with van der Waals surface area (Å²) in [7, 11) is 0. The van der Waals surface area contributed by atoms with Crippen LogP contribution in [0, 0.1) is 0 Å².